The summed E-state index contributed by atoms with van der Waals surface area (Å²) in [6.45, 7) is 1.58. The van der Waals surface area contributed by atoms with Crippen LogP contribution in [0.3, 0.4) is 0 Å². The van der Waals surface area contributed by atoms with Crippen LogP contribution in [0.2, 0.25) is 0 Å². The number of amides is 2. The molecule has 3 aromatic rings. The minimum absolute atomic E-state index is 0.0148. The Labute approximate surface area is 162 Å². The van der Waals surface area contributed by atoms with Gasteiger partial charge >= 0.3 is 12.2 Å². The van der Waals surface area contributed by atoms with E-state index in [1.54, 1.807) is 13.0 Å². The summed E-state index contributed by atoms with van der Waals surface area (Å²) in [5.41, 5.74) is 0.446. The summed E-state index contributed by atoms with van der Waals surface area (Å²) in [6, 6.07) is 7.94. The van der Waals surface area contributed by atoms with E-state index in [9.17, 15) is 27.2 Å². The van der Waals surface area contributed by atoms with E-state index in [1.165, 1.54) is 24.3 Å². The van der Waals surface area contributed by atoms with Crippen LogP contribution in [0.5, 0.6) is 0 Å². The van der Waals surface area contributed by atoms with Gasteiger partial charge in [0, 0.05) is 13.0 Å². The first-order valence-corrected chi connectivity index (χ1v) is 8.62. The number of hydrogen-bond acceptors (Lipinski definition) is 3. The molecule has 0 spiro atoms. The number of aromatic nitrogens is 2. The van der Waals surface area contributed by atoms with Crippen molar-refractivity contribution in [2.75, 3.05) is 5.43 Å². The molecule has 3 rings (SSSR count). The van der Waals surface area contributed by atoms with Gasteiger partial charge in [-0.3, -0.25) is 4.79 Å². The average molecular weight is 408 g/mol. The zero-order valence-electron chi connectivity index (χ0n) is 15.2. The van der Waals surface area contributed by atoms with Crippen LogP contribution >= 0.6 is 0 Å². The van der Waals surface area contributed by atoms with Crippen molar-refractivity contribution in [3.8, 4) is 0 Å². The van der Waals surface area contributed by atoms with E-state index in [0.717, 1.165) is 16.8 Å². The van der Waals surface area contributed by atoms with Crippen molar-refractivity contribution in [1.82, 2.24) is 15.0 Å². The molecule has 1 heterocycles. The molecule has 0 fully saturated rings. The van der Waals surface area contributed by atoms with Gasteiger partial charge in [0.2, 0.25) is 0 Å². The molecule has 2 aromatic carbocycles. The molecule has 0 atom stereocenters. The molecule has 0 radical (unpaired) electrons. The summed E-state index contributed by atoms with van der Waals surface area (Å²) in [5, 5.41) is 2.18. The van der Waals surface area contributed by atoms with Gasteiger partial charge in [0.25, 0.3) is 5.56 Å². The largest absolute Gasteiger partial charge is 0.418 e. The summed E-state index contributed by atoms with van der Waals surface area (Å²) < 4.78 is 53.7. The highest BCUT2D eigenvalue weighted by atomic mass is 19.4. The SMILES string of the molecule is CCc1nc2c(C(F)(F)F)cccc2c(=O)n1NC(=O)NCc1cccc(F)c1. The third-order valence-corrected chi connectivity index (χ3v) is 4.15. The zero-order chi connectivity index (χ0) is 21.2. The predicted molar refractivity (Wildman–Crippen MR) is 98.4 cm³/mol. The number of carbonyl (C=O) groups excluding carboxylic acids is 1. The summed E-state index contributed by atoms with van der Waals surface area (Å²) in [6.07, 6.45) is -4.58. The van der Waals surface area contributed by atoms with E-state index in [0.29, 0.717) is 5.56 Å². The summed E-state index contributed by atoms with van der Waals surface area (Å²) in [4.78, 5) is 28.8. The number of aryl methyl sites for hydroxylation is 1. The number of benzene rings is 2. The smallest absolute Gasteiger partial charge is 0.333 e. The highest BCUT2D eigenvalue weighted by Gasteiger charge is 2.34. The number of carbonyl (C=O) groups is 1. The van der Waals surface area contributed by atoms with Crippen LogP contribution in [0.25, 0.3) is 10.9 Å². The molecular formula is C19H16F4N4O2. The summed E-state index contributed by atoms with van der Waals surface area (Å²) >= 11 is 0. The Hall–Kier alpha value is -3.43. The first-order chi connectivity index (χ1) is 13.7. The number of alkyl halides is 3. The lowest BCUT2D eigenvalue weighted by atomic mass is 10.1. The van der Waals surface area contributed by atoms with Crippen molar-refractivity contribution < 1.29 is 22.4 Å². The maximum atomic E-state index is 13.2. The predicted octanol–water partition coefficient (Wildman–Crippen LogP) is 3.57. The van der Waals surface area contributed by atoms with Gasteiger partial charge in [-0.05, 0) is 29.8 Å². The van der Waals surface area contributed by atoms with Crippen LogP contribution < -0.4 is 16.3 Å². The molecule has 0 unspecified atom stereocenters. The molecule has 0 aliphatic carbocycles. The second-order valence-electron chi connectivity index (χ2n) is 6.15. The van der Waals surface area contributed by atoms with Crippen LogP contribution in [0.1, 0.15) is 23.9 Å². The second-order valence-corrected chi connectivity index (χ2v) is 6.15. The fourth-order valence-electron chi connectivity index (χ4n) is 2.80. The quantitative estimate of drug-likeness (QED) is 0.648. The van der Waals surface area contributed by atoms with Gasteiger partial charge in [0.1, 0.15) is 11.6 Å². The Kier molecular flexibility index (Phi) is 5.53. The molecule has 0 bridgehead atoms. The molecule has 10 heteroatoms. The van der Waals surface area contributed by atoms with Crippen LogP contribution in [-0.4, -0.2) is 15.7 Å². The molecule has 29 heavy (non-hydrogen) atoms. The van der Waals surface area contributed by atoms with E-state index >= 15 is 0 Å². The first kappa shape index (κ1) is 20.3. The Morgan fingerprint density at radius 2 is 1.90 bits per heavy atom. The number of halogens is 4. The lowest BCUT2D eigenvalue weighted by Gasteiger charge is -2.16. The maximum Gasteiger partial charge on any atom is 0.418 e. The maximum absolute atomic E-state index is 13.2. The van der Waals surface area contributed by atoms with E-state index in [2.05, 4.69) is 15.7 Å². The minimum Gasteiger partial charge on any atom is -0.333 e. The fraction of sp³-hybridized carbons (Fsp3) is 0.211. The monoisotopic (exact) mass is 408 g/mol. The van der Waals surface area contributed by atoms with Crippen LogP contribution in [0.4, 0.5) is 22.4 Å². The normalized spacial score (nSPS) is 11.5. The Balaban J connectivity index is 1.92. The number of nitrogens with one attached hydrogen (secondary N) is 2. The molecule has 0 aliphatic heterocycles. The third-order valence-electron chi connectivity index (χ3n) is 4.15. The highest BCUT2D eigenvalue weighted by molar-refractivity contribution is 5.84. The van der Waals surface area contributed by atoms with Crippen molar-refractivity contribution in [3.63, 3.8) is 0 Å². The van der Waals surface area contributed by atoms with Crippen molar-refractivity contribution in [1.29, 1.82) is 0 Å². The van der Waals surface area contributed by atoms with Gasteiger partial charge in [-0.25, -0.2) is 24.3 Å². The Morgan fingerprint density at radius 3 is 2.55 bits per heavy atom. The molecule has 6 nitrogen and oxygen atoms in total. The highest BCUT2D eigenvalue weighted by Crippen LogP contribution is 2.33. The summed E-state index contributed by atoms with van der Waals surface area (Å²) in [5.74, 6) is -0.506. The van der Waals surface area contributed by atoms with E-state index in [-0.39, 0.29) is 24.2 Å². The van der Waals surface area contributed by atoms with Crippen LogP contribution in [0, 0.1) is 5.82 Å². The van der Waals surface area contributed by atoms with Crippen molar-refractivity contribution in [2.24, 2.45) is 0 Å². The van der Waals surface area contributed by atoms with Crippen LogP contribution in [-0.2, 0) is 19.1 Å². The molecule has 1 aromatic heterocycles. The lowest BCUT2D eigenvalue weighted by Crippen LogP contribution is -2.41. The van der Waals surface area contributed by atoms with Gasteiger partial charge in [-0.15, -0.1) is 0 Å². The molecule has 0 saturated carbocycles. The summed E-state index contributed by atoms with van der Waals surface area (Å²) in [7, 11) is 0. The molecule has 2 amide bonds. The minimum atomic E-state index is -4.67. The van der Waals surface area contributed by atoms with E-state index in [4.69, 9.17) is 0 Å². The van der Waals surface area contributed by atoms with E-state index in [1.807, 2.05) is 0 Å². The van der Waals surface area contributed by atoms with Gasteiger partial charge in [-0.2, -0.15) is 13.2 Å². The molecule has 0 saturated heterocycles. The molecule has 0 aliphatic rings. The van der Waals surface area contributed by atoms with E-state index < -0.39 is 34.7 Å². The standard InChI is InChI=1S/C19H16F4N4O2/c1-2-15-25-16-13(7-4-8-14(16)19(21,22)23)17(28)27(15)26-18(29)24-10-11-5-3-6-12(20)9-11/h3-9H,2,10H2,1H3,(H2,24,26,29). The van der Waals surface area contributed by atoms with Crippen LogP contribution in [0.15, 0.2) is 47.3 Å². The first-order valence-electron chi connectivity index (χ1n) is 8.62. The van der Waals surface area contributed by atoms with Gasteiger partial charge in [0.05, 0.1) is 16.5 Å². The number of para-hydroxylation sites is 1. The number of nitrogens with zero attached hydrogens (tertiary/aromatic N) is 2. The second kappa shape index (κ2) is 7.90. The molecular weight excluding hydrogens is 392 g/mol. The number of urea groups is 1. The molecule has 2 N–H and O–H groups in total. The van der Waals surface area contributed by atoms with Crippen molar-refractivity contribution in [2.45, 2.75) is 26.1 Å². The lowest BCUT2D eigenvalue weighted by molar-refractivity contribution is -0.136. The van der Waals surface area contributed by atoms with Crippen molar-refractivity contribution >= 4 is 16.9 Å². The zero-order valence-corrected chi connectivity index (χ0v) is 15.2. The van der Waals surface area contributed by atoms with Gasteiger partial charge < -0.3 is 5.32 Å². The van der Waals surface area contributed by atoms with Gasteiger partial charge in [-0.1, -0.05) is 25.1 Å². The van der Waals surface area contributed by atoms with Gasteiger partial charge in [0.15, 0.2) is 0 Å². The average Bonchev–Trinajstić information content (AvgIpc) is 2.67. The Morgan fingerprint density at radius 1 is 1.17 bits per heavy atom. The number of rotatable bonds is 4. The number of hydrogen-bond donors (Lipinski definition) is 2. The fourth-order valence-corrected chi connectivity index (χ4v) is 2.80. The topological polar surface area (TPSA) is 76.0 Å². The number of fused-ring (bicyclic) bond motifs is 1. The Bertz CT molecular complexity index is 1130. The third kappa shape index (κ3) is 4.36. The molecule has 152 valence electrons. The van der Waals surface area contributed by atoms with Crippen molar-refractivity contribution in [3.05, 3.63) is 75.6 Å².